The molecule has 0 atom stereocenters. The van der Waals surface area contributed by atoms with E-state index in [0.29, 0.717) is 25.3 Å². The summed E-state index contributed by atoms with van der Waals surface area (Å²) in [5.41, 5.74) is 5.19. The number of hydrogen-bond donors (Lipinski definition) is 2. The molecule has 0 aliphatic carbocycles. The number of nitrogens with one attached hydrogen (secondary N) is 1. The minimum Gasteiger partial charge on any atom is -0.383 e. The van der Waals surface area contributed by atoms with Crippen LogP contribution in [0.3, 0.4) is 0 Å². The molecule has 15 heteroatoms. The highest BCUT2D eigenvalue weighted by Crippen LogP contribution is 2.35. The van der Waals surface area contributed by atoms with Crippen LogP contribution < -0.4 is 11.1 Å². The summed E-state index contributed by atoms with van der Waals surface area (Å²) in [5, 5.41) is 7.05. The van der Waals surface area contributed by atoms with Crippen LogP contribution in [0.1, 0.15) is 15.9 Å². The van der Waals surface area contributed by atoms with Crippen LogP contribution in [-0.2, 0) is 16.0 Å². The number of nitrogens with two attached hydrogens (primary N) is 1. The number of pyridine rings is 1. The fourth-order valence-corrected chi connectivity index (χ4v) is 5.60. The Bertz CT molecular complexity index is 1690. The topological polar surface area (TPSA) is 136 Å². The molecule has 10 nitrogen and oxygen atoms in total. The monoisotopic (exact) mass is 577 g/mol. The number of halogens is 4. The lowest BCUT2D eigenvalue weighted by Crippen LogP contribution is -2.43. The first-order valence-corrected chi connectivity index (χ1v) is 13.9. The van der Waals surface area contributed by atoms with Crippen LogP contribution in [0.25, 0.3) is 28.2 Å². The number of carbonyl (C=O) groups is 1. The first-order chi connectivity index (χ1) is 18.9. The van der Waals surface area contributed by atoms with Gasteiger partial charge in [0.25, 0.3) is 5.91 Å². The molecule has 4 heterocycles. The number of fused-ring (bicyclic) bond motifs is 1. The summed E-state index contributed by atoms with van der Waals surface area (Å²) in [7, 11) is -3.00. The molecule has 3 N–H and O–H groups in total. The fraction of sp³-hybridized carbons (Fsp3) is 0.280. The number of amides is 1. The number of nitrogens with zero attached hydrogens (tertiary/aromatic N) is 5. The van der Waals surface area contributed by atoms with Gasteiger partial charge >= 0.3 is 6.18 Å². The molecule has 1 fully saturated rings. The zero-order chi connectivity index (χ0) is 28.7. The van der Waals surface area contributed by atoms with Crippen molar-refractivity contribution in [1.82, 2.24) is 29.8 Å². The Morgan fingerprint density at radius 2 is 1.80 bits per heavy atom. The van der Waals surface area contributed by atoms with E-state index in [-0.39, 0.29) is 46.1 Å². The average Bonchev–Trinajstić information content (AvgIpc) is 3.32. The Morgan fingerprint density at radius 1 is 1.05 bits per heavy atom. The number of anilines is 1. The third kappa shape index (κ3) is 5.74. The normalized spacial score (nSPS) is 15.8. The molecular formula is C25H23F4N7O3S. The van der Waals surface area contributed by atoms with Gasteiger partial charge in [-0.05, 0) is 36.4 Å². The van der Waals surface area contributed by atoms with E-state index in [1.165, 1.54) is 35.0 Å². The van der Waals surface area contributed by atoms with Crippen molar-refractivity contribution in [3.05, 3.63) is 65.7 Å². The summed E-state index contributed by atoms with van der Waals surface area (Å²) < 4.78 is 79.4. The number of alkyl halides is 3. The summed E-state index contributed by atoms with van der Waals surface area (Å²) in [4.78, 5) is 22.3. The number of aromatic nitrogens is 4. The highest BCUT2D eigenvalue weighted by molar-refractivity contribution is 7.91. The van der Waals surface area contributed by atoms with Gasteiger partial charge in [-0.2, -0.15) is 18.3 Å². The quantitative estimate of drug-likeness (QED) is 0.334. The predicted molar refractivity (Wildman–Crippen MR) is 138 cm³/mol. The second-order valence-electron chi connectivity index (χ2n) is 9.23. The number of sulfone groups is 1. The van der Waals surface area contributed by atoms with Gasteiger partial charge in [0, 0.05) is 49.1 Å². The lowest BCUT2D eigenvalue weighted by atomic mass is 10.1. The van der Waals surface area contributed by atoms with E-state index in [0.717, 1.165) is 18.3 Å². The Kier molecular flexibility index (Phi) is 7.18. The lowest BCUT2D eigenvalue weighted by Gasteiger charge is -2.26. The number of benzene rings is 1. The molecule has 210 valence electrons. The van der Waals surface area contributed by atoms with Gasteiger partial charge in [-0.1, -0.05) is 0 Å². The average molecular weight is 578 g/mol. The van der Waals surface area contributed by atoms with Crippen molar-refractivity contribution in [1.29, 1.82) is 0 Å². The van der Waals surface area contributed by atoms with Crippen LogP contribution in [-0.4, -0.2) is 76.5 Å². The van der Waals surface area contributed by atoms with E-state index >= 15 is 4.39 Å². The number of carbonyl (C=O) groups excluding carboxylic acids is 1. The Hall–Kier alpha value is -4.11. The number of hydrogen-bond acceptors (Lipinski definition) is 8. The molecule has 5 rings (SSSR count). The Labute approximate surface area is 225 Å². The van der Waals surface area contributed by atoms with Gasteiger partial charge in [-0.15, -0.1) is 0 Å². The van der Waals surface area contributed by atoms with Crippen molar-refractivity contribution < 1.29 is 30.8 Å². The molecule has 0 saturated carbocycles. The smallest absolute Gasteiger partial charge is 0.383 e. The summed E-state index contributed by atoms with van der Waals surface area (Å²) in [6, 6.07) is 7.72. The summed E-state index contributed by atoms with van der Waals surface area (Å²) >= 11 is 0. The number of rotatable bonds is 6. The first kappa shape index (κ1) is 27.5. The van der Waals surface area contributed by atoms with Crippen LogP contribution in [0.5, 0.6) is 0 Å². The van der Waals surface area contributed by atoms with E-state index < -0.39 is 39.1 Å². The zero-order valence-corrected chi connectivity index (χ0v) is 21.6. The minimum atomic E-state index is -4.70. The van der Waals surface area contributed by atoms with Gasteiger partial charge < -0.3 is 11.1 Å². The van der Waals surface area contributed by atoms with E-state index in [4.69, 9.17) is 5.73 Å². The maximum absolute atomic E-state index is 15.2. The maximum atomic E-state index is 15.2. The van der Waals surface area contributed by atoms with E-state index in [9.17, 15) is 26.4 Å². The van der Waals surface area contributed by atoms with Crippen LogP contribution in [0.4, 0.5) is 23.4 Å². The van der Waals surface area contributed by atoms with Crippen LogP contribution >= 0.6 is 0 Å². The molecular weight excluding hydrogens is 554 g/mol. The van der Waals surface area contributed by atoms with Crippen LogP contribution in [0.2, 0.25) is 0 Å². The zero-order valence-electron chi connectivity index (χ0n) is 20.8. The van der Waals surface area contributed by atoms with Crippen molar-refractivity contribution in [2.45, 2.75) is 6.18 Å². The van der Waals surface area contributed by atoms with Crippen LogP contribution in [0.15, 0.2) is 48.8 Å². The fourth-order valence-electron chi connectivity index (χ4n) is 4.32. The second kappa shape index (κ2) is 10.5. The van der Waals surface area contributed by atoms with Gasteiger partial charge in [0.05, 0.1) is 34.7 Å². The Morgan fingerprint density at radius 3 is 2.50 bits per heavy atom. The molecule has 4 aromatic rings. The molecule has 3 aromatic heterocycles. The summed E-state index contributed by atoms with van der Waals surface area (Å²) in [5.74, 6) is -1.72. The maximum Gasteiger partial charge on any atom is 0.419 e. The molecule has 0 radical (unpaired) electrons. The molecule has 0 spiro atoms. The van der Waals surface area contributed by atoms with Gasteiger partial charge in [0.1, 0.15) is 11.6 Å². The van der Waals surface area contributed by atoms with Crippen molar-refractivity contribution in [3.63, 3.8) is 0 Å². The van der Waals surface area contributed by atoms with Crippen molar-refractivity contribution in [2.75, 3.05) is 43.4 Å². The SMILES string of the molecule is Nc1ncc(-c2ccc3ncc(-c4ccc(C(=O)NCCN5CCS(=O)(=O)CC5)cc4F)n3n2)cc1C(F)(F)F. The van der Waals surface area contributed by atoms with E-state index in [1.54, 1.807) is 0 Å². The highest BCUT2D eigenvalue weighted by Gasteiger charge is 2.34. The summed E-state index contributed by atoms with van der Waals surface area (Å²) in [6.45, 7) is 1.52. The van der Waals surface area contributed by atoms with Gasteiger partial charge in [0.15, 0.2) is 15.5 Å². The molecule has 1 saturated heterocycles. The van der Waals surface area contributed by atoms with Crippen molar-refractivity contribution >= 4 is 27.2 Å². The largest absolute Gasteiger partial charge is 0.419 e. The third-order valence-corrected chi connectivity index (χ3v) is 8.15. The summed E-state index contributed by atoms with van der Waals surface area (Å²) in [6.07, 6.45) is -2.17. The van der Waals surface area contributed by atoms with Crippen LogP contribution in [0, 0.1) is 5.82 Å². The molecule has 0 unspecified atom stereocenters. The molecule has 0 bridgehead atoms. The van der Waals surface area contributed by atoms with Crippen molar-refractivity contribution in [3.8, 4) is 22.5 Å². The van der Waals surface area contributed by atoms with Gasteiger partial charge in [-0.3, -0.25) is 9.69 Å². The van der Waals surface area contributed by atoms with Gasteiger partial charge in [0.2, 0.25) is 0 Å². The van der Waals surface area contributed by atoms with E-state index in [1.807, 2.05) is 4.90 Å². The molecule has 1 aromatic carbocycles. The minimum absolute atomic E-state index is 0.0572. The van der Waals surface area contributed by atoms with E-state index in [2.05, 4.69) is 20.4 Å². The molecule has 1 aliphatic rings. The molecule has 1 aliphatic heterocycles. The lowest BCUT2D eigenvalue weighted by molar-refractivity contribution is -0.137. The number of nitrogen functional groups attached to an aromatic ring is 1. The molecule has 40 heavy (non-hydrogen) atoms. The number of imidazole rings is 1. The standard InChI is InChI=1S/C25H23F4N7O3S/c26-19-12-15(24(37)31-5-6-35-7-9-40(38,39)10-8-35)1-2-17(19)21-14-32-22-4-3-20(34-36(21)22)16-11-18(25(27,28)29)23(30)33-13-16/h1-4,11-14H,5-10H2,(H2,30,33)(H,31,37). The Balaban J connectivity index is 1.34. The first-order valence-electron chi connectivity index (χ1n) is 12.1. The predicted octanol–water partition coefficient (Wildman–Crippen LogP) is 2.66. The second-order valence-corrected chi connectivity index (χ2v) is 11.5. The third-order valence-electron chi connectivity index (χ3n) is 6.54. The highest BCUT2D eigenvalue weighted by atomic mass is 32.2. The van der Waals surface area contributed by atoms with Crippen molar-refractivity contribution in [2.24, 2.45) is 0 Å². The molecule has 1 amide bonds. The van der Waals surface area contributed by atoms with Gasteiger partial charge in [-0.25, -0.2) is 27.3 Å².